The number of rotatable bonds is 4. The van der Waals surface area contributed by atoms with E-state index in [0.29, 0.717) is 0 Å². The Morgan fingerprint density at radius 3 is 2.68 bits per heavy atom. The van der Waals surface area contributed by atoms with Crippen molar-refractivity contribution in [3.05, 3.63) is 22.8 Å². The number of piperidine rings is 1. The minimum atomic E-state index is -4.43. The minimum Gasteiger partial charge on any atom is -0.350 e. The topological polar surface area (TPSA) is 64.7 Å². The molecule has 2 fully saturated rings. The van der Waals surface area contributed by atoms with Crippen molar-refractivity contribution in [3.63, 3.8) is 0 Å². The predicted octanol–water partition coefficient (Wildman–Crippen LogP) is 2.22. The van der Waals surface area contributed by atoms with Crippen LogP contribution in [0.1, 0.15) is 19.3 Å². The van der Waals surface area contributed by atoms with Crippen LogP contribution in [0.15, 0.2) is 22.8 Å². The Labute approximate surface area is 166 Å². The van der Waals surface area contributed by atoms with Gasteiger partial charge >= 0.3 is 12.2 Å². The molecule has 0 aromatic carbocycles. The van der Waals surface area contributed by atoms with Crippen molar-refractivity contribution >= 4 is 23.5 Å². The fourth-order valence-electron chi connectivity index (χ4n) is 3.88. The highest BCUT2D eigenvalue weighted by Gasteiger charge is 2.44. The molecular formula is C18H24ClF3N4O2. The van der Waals surface area contributed by atoms with Crippen LogP contribution in [0.4, 0.5) is 18.0 Å². The maximum Gasteiger partial charge on any atom is 0.396 e. The Morgan fingerprint density at radius 1 is 1.36 bits per heavy atom. The molecule has 2 atom stereocenters. The molecule has 2 saturated heterocycles. The molecule has 0 aromatic heterocycles. The summed E-state index contributed by atoms with van der Waals surface area (Å²) in [6, 6.07) is -0.772. The van der Waals surface area contributed by atoms with Gasteiger partial charge in [0.05, 0.1) is 12.5 Å². The minimum absolute atomic E-state index is 0.0972. The van der Waals surface area contributed by atoms with E-state index >= 15 is 0 Å². The number of carbonyl (C=O) groups excluding carboxylic acids is 2. The number of carbonyl (C=O) groups is 2. The first kappa shape index (κ1) is 21.0. The Hall–Kier alpha value is -1.74. The van der Waals surface area contributed by atoms with Gasteiger partial charge in [-0.2, -0.15) is 13.2 Å². The van der Waals surface area contributed by atoms with Crippen molar-refractivity contribution in [3.8, 4) is 0 Å². The molecule has 10 heteroatoms. The van der Waals surface area contributed by atoms with Gasteiger partial charge in [0.2, 0.25) is 5.91 Å². The number of halogens is 4. The highest BCUT2D eigenvalue weighted by atomic mass is 35.5. The van der Waals surface area contributed by atoms with Crippen molar-refractivity contribution in [1.29, 1.82) is 0 Å². The highest BCUT2D eigenvalue weighted by molar-refractivity contribution is 6.30. The van der Waals surface area contributed by atoms with Crippen molar-refractivity contribution in [2.24, 2.45) is 5.92 Å². The maximum absolute atomic E-state index is 13.0. The van der Waals surface area contributed by atoms with E-state index in [1.807, 2.05) is 0 Å². The SMILES string of the molecule is CN1C(=O)N(C2CCNCC2)CC1C(=O)NCC1=C(Cl)C(C(F)(F)F)CC=C1. The predicted molar refractivity (Wildman–Crippen MR) is 98.7 cm³/mol. The largest absolute Gasteiger partial charge is 0.396 e. The molecule has 156 valence electrons. The Morgan fingerprint density at radius 2 is 2.04 bits per heavy atom. The number of hydrogen-bond acceptors (Lipinski definition) is 3. The van der Waals surface area contributed by atoms with Crippen LogP contribution in [0.5, 0.6) is 0 Å². The molecule has 2 unspecified atom stereocenters. The normalized spacial score (nSPS) is 27.0. The van der Waals surface area contributed by atoms with Gasteiger partial charge in [0.15, 0.2) is 0 Å². The zero-order chi connectivity index (χ0) is 20.5. The third-order valence-corrected chi connectivity index (χ3v) is 6.09. The van der Waals surface area contributed by atoms with Crippen molar-refractivity contribution in [2.75, 3.05) is 33.2 Å². The van der Waals surface area contributed by atoms with E-state index in [-0.39, 0.29) is 42.2 Å². The quantitative estimate of drug-likeness (QED) is 0.733. The molecule has 0 bridgehead atoms. The average molecular weight is 421 g/mol. The molecule has 3 aliphatic rings. The number of alkyl halides is 3. The molecule has 2 heterocycles. The molecule has 3 amide bonds. The molecule has 0 radical (unpaired) electrons. The summed E-state index contributed by atoms with van der Waals surface area (Å²) in [6.45, 7) is 1.83. The van der Waals surface area contributed by atoms with Crippen LogP contribution >= 0.6 is 11.6 Å². The number of allylic oxidation sites excluding steroid dienone is 2. The first-order valence-electron chi connectivity index (χ1n) is 9.33. The van der Waals surface area contributed by atoms with Gasteiger partial charge in [-0.25, -0.2) is 4.79 Å². The lowest BCUT2D eigenvalue weighted by molar-refractivity contribution is -0.161. The molecule has 6 nitrogen and oxygen atoms in total. The second kappa shape index (κ2) is 8.32. The average Bonchev–Trinajstić information content (AvgIpc) is 2.96. The lowest BCUT2D eigenvalue weighted by Crippen LogP contribution is -2.45. The van der Waals surface area contributed by atoms with Gasteiger partial charge in [0.25, 0.3) is 0 Å². The molecule has 0 spiro atoms. The van der Waals surface area contributed by atoms with Gasteiger partial charge in [-0.05, 0) is 37.9 Å². The van der Waals surface area contributed by atoms with E-state index in [1.54, 1.807) is 11.9 Å². The van der Waals surface area contributed by atoms with Crippen LogP contribution in [0.2, 0.25) is 0 Å². The Bertz CT molecular complexity index is 689. The van der Waals surface area contributed by atoms with Crippen molar-refractivity contribution < 1.29 is 22.8 Å². The van der Waals surface area contributed by atoms with E-state index < -0.39 is 24.0 Å². The molecule has 3 rings (SSSR count). The van der Waals surface area contributed by atoms with Crippen LogP contribution in [0, 0.1) is 5.92 Å². The monoisotopic (exact) mass is 420 g/mol. The van der Waals surface area contributed by atoms with Crippen LogP contribution < -0.4 is 10.6 Å². The van der Waals surface area contributed by atoms with Gasteiger partial charge in [-0.1, -0.05) is 23.8 Å². The van der Waals surface area contributed by atoms with E-state index in [4.69, 9.17) is 11.6 Å². The molecule has 0 aromatic rings. The number of likely N-dealkylation sites (N-methyl/N-ethyl adjacent to an activating group) is 1. The summed E-state index contributed by atoms with van der Waals surface area (Å²) in [5.41, 5.74) is 0.241. The molecule has 0 saturated carbocycles. The van der Waals surface area contributed by atoms with Gasteiger partial charge in [-0.3, -0.25) is 4.79 Å². The molecule has 28 heavy (non-hydrogen) atoms. The lowest BCUT2D eigenvalue weighted by Gasteiger charge is -2.30. The van der Waals surface area contributed by atoms with Crippen LogP contribution in [-0.2, 0) is 4.79 Å². The van der Waals surface area contributed by atoms with Gasteiger partial charge < -0.3 is 20.4 Å². The van der Waals surface area contributed by atoms with E-state index in [9.17, 15) is 22.8 Å². The first-order chi connectivity index (χ1) is 13.2. The standard InChI is InChI=1S/C18H24ClF3N4O2/c1-25-14(10-26(17(25)28)12-5-7-23-8-6-12)16(27)24-9-11-3-2-4-13(15(11)19)18(20,21)22/h2-3,12-14,23H,4-10H2,1H3,(H,24,27). The number of urea groups is 1. The zero-order valence-electron chi connectivity index (χ0n) is 15.6. The van der Waals surface area contributed by atoms with Crippen LogP contribution in [-0.4, -0.2) is 73.2 Å². The number of nitrogens with zero attached hydrogens (tertiary/aromatic N) is 2. The third kappa shape index (κ3) is 4.30. The summed E-state index contributed by atoms with van der Waals surface area (Å²) >= 11 is 5.93. The second-order valence-electron chi connectivity index (χ2n) is 7.37. The number of amides is 3. The highest BCUT2D eigenvalue weighted by Crippen LogP contribution is 2.40. The number of nitrogens with one attached hydrogen (secondary N) is 2. The fraction of sp³-hybridized carbons (Fsp3) is 0.667. The summed E-state index contributed by atoms with van der Waals surface area (Å²) < 4.78 is 39.1. The summed E-state index contributed by atoms with van der Waals surface area (Å²) in [5, 5.41) is 5.59. The first-order valence-corrected chi connectivity index (χ1v) is 9.71. The lowest BCUT2D eigenvalue weighted by atomic mass is 9.95. The Balaban J connectivity index is 1.61. The van der Waals surface area contributed by atoms with E-state index in [2.05, 4.69) is 10.6 Å². The van der Waals surface area contributed by atoms with E-state index in [0.717, 1.165) is 25.9 Å². The summed E-state index contributed by atoms with van der Waals surface area (Å²) in [5.74, 6) is -2.14. The summed E-state index contributed by atoms with van der Waals surface area (Å²) in [7, 11) is 1.57. The third-order valence-electron chi connectivity index (χ3n) is 5.59. The van der Waals surface area contributed by atoms with Crippen molar-refractivity contribution in [2.45, 2.75) is 37.5 Å². The van der Waals surface area contributed by atoms with Crippen molar-refractivity contribution in [1.82, 2.24) is 20.4 Å². The fourth-order valence-corrected chi connectivity index (χ4v) is 4.22. The smallest absolute Gasteiger partial charge is 0.350 e. The van der Waals surface area contributed by atoms with Gasteiger partial charge in [-0.15, -0.1) is 0 Å². The van der Waals surface area contributed by atoms with Gasteiger partial charge in [0, 0.05) is 24.7 Å². The molecule has 2 aliphatic heterocycles. The van der Waals surface area contributed by atoms with E-state index in [1.165, 1.54) is 17.1 Å². The summed E-state index contributed by atoms with van der Waals surface area (Å²) in [4.78, 5) is 28.2. The Kier molecular flexibility index (Phi) is 6.24. The maximum atomic E-state index is 13.0. The van der Waals surface area contributed by atoms with Crippen LogP contribution in [0.3, 0.4) is 0 Å². The second-order valence-corrected chi connectivity index (χ2v) is 7.77. The van der Waals surface area contributed by atoms with Gasteiger partial charge in [0.1, 0.15) is 6.04 Å². The van der Waals surface area contributed by atoms with Crippen LogP contribution in [0.25, 0.3) is 0 Å². The molecular weight excluding hydrogens is 397 g/mol. The molecule has 1 aliphatic carbocycles. The molecule has 2 N–H and O–H groups in total. The number of hydrogen-bond donors (Lipinski definition) is 2. The zero-order valence-corrected chi connectivity index (χ0v) is 16.3. The summed E-state index contributed by atoms with van der Waals surface area (Å²) in [6.07, 6.45) is -0.0409.